The monoisotopic (exact) mass is 274 g/mol. The Balaban J connectivity index is 2.29. The van der Waals surface area contributed by atoms with Crippen LogP contribution in [0.2, 0.25) is 0 Å². The highest BCUT2D eigenvalue weighted by atomic mass is 15.2. The van der Waals surface area contributed by atoms with Gasteiger partial charge in [0.2, 0.25) is 0 Å². The van der Waals surface area contributed by atoms with Crippen LogP contribution in [0.3, 0.4) is 0 Å². The molecule has 2 rings (SSSR count). The molecule has 2 nitrogen and oxygen atoms in total. The quantitative estimate of drug-likeness (QED) is 0.849. The highest BCUT2D eigenvalue weighted by molar-refractivity contribution is 5.34. The van der Waals surface area contributed by atoms with Gasteiger partial charge >= 0.3 is 0 Å². The standard InChI is InChI=1S/C18H30N2/c1-5-13-20(14(3)4)17-12-11-15-9-7-8-10-16(15)18(17)19-6-2/h7-10,14,17-19H,5-6,11-13H2,1-4H3. The fourth-order valence-electron chi connectivity index (χ4n) is 3.63. The molecule has 0 saturated carbocycles. The maximum atomic E-state index is 3.74. The van der Waals surface area contributed by atoms with E-state index in [1.165, 1.54) is 36.9 Å². The molecule has 1 aromatic carbocycles. The summed E-state index contributed by atoms with van der Waals surface area (Å²) in [5.74, 6) is 0. The molecule has 2 heteroatoms. The first kappa shape index (κ1) is 15.5. The van der Waals surface area contributed by atoms with Crippen molar-refractivity contribution in [2.45, 2.75) is 65.1 Å². The van der Waals surface area contributed by atoms with Gasteiger partial charge in [-0.05, 0) is 57.3 Å². The molecule has 2 atom stereocenters. The lowest BCUT2D eigenvalue weighted by Crippen LogP contribution is -2.50. The molecule has 1 N–H and O–H groups in total. The van der Waals surface area contributed by atoms with Crippen LogP contribution >= 0.6 is 0 Å². The van der Waals surface area contributed by atoms with Gasteiger partial charge in [-0.15, -0.1) is 0 Å². The van der Waals surface area contributed by atoms with E-state index in [2.05, 4.69) is 62.2 Å². The number of likely N-dealkylation sites (N-methyl/N-ethyl adjacent to an activating group) is 1. The van der Waals surface area contributed by atoms with Crippen molar-refractivity contribution in [2.24, 2.45) is 0 Å². The van der Waals surface area contributed by atoms with Crippen LogP contribution in [0, 0.1) is 0 Å². The fourth-order valence-corrected chi connectivity index (χ4v) is 3.63. The van der Waals surface area contributed by atoms with Gasteiger partial charge in [-0.1, -0.05) is 38.1 Å². The van der Waals surface area contributed by atoms with Crippen LogP contribution in [0.25, 0.3) is 0 Å². The van der Waals surface area contributed by atoms with Gasteiger partial charge in [-0.25, -0.2) is 0 Å². The number of fused-ring (bicyclic) bond motifs is 1. The summed E-state index contributed by atoms with van der Waals surface area (Å²) in [5, 5.41) is 3.74. The summed E-state index contributed by atoms with van der Waals surface area (Å²) >= 11 is 0. The molecule has 0 heterocycles. The van der Waals surface area contributed by atoms with Crippen molar-refractivity contribution >= 4 is 0 Å². The van der Waals surface area contributed by atoms with Gasteiger partial charge in [0.05, 0.1) is 0 Å². The predicted octanol–water partition coefficient (Wildman–Crippen LogP) is 3.77. The van der Waals surface area contributed by atoms with Crippen LogP contribution in [-0.4, -0.2) is 30.1 Å². The first-order valence-corrected chi connectivity index (χ1v) is 8.25. The topological polar surface area (TPSA) is 15.3 Å². The zero-order valence-corrected chi connectivity index (χ0v) is 13.5. The van der Waals surface area contributed by atoms with E-state index < -0.39 is 0 Å². The third kappa shape index (κ3) is 3.24. The van der Waals surface area contributed by atoms with Crippen molar-refractivity contribution in [1.82, 2.24) is 10.2 Å². The Morgan fingerprint density at radius 2 is 2.00 bits per heavy atom. The largest absolute Gasteiger partial charge is 0.309 e. The Bertz CT molecular complexity index is 414. The molecule has 0 fully saturated rings. The average molecular weight is 274 g/mol. The molecule has 0 bridgehead atoms. The van der Waals surface area contributed by atoms with E-state index >= 15 is 0 Å². The number of hydrogen-bond acceptors (Lipinski definition) is 2. The first-order chi connectivity index (χ1) is 9.69. The summed E-state index contributed by atoms with van der Waals surface area (Å²) in [6.07, 6.45) is 3.72. The molecule has 0 aliphatic heterocycles. The third-order valence-corrected chi connectivity index (χ3v) is 4.48. The number of nitrogens with one attached hydrogen (secondary N) is 1. The van der Waals surface area contributed by atoms with Crippen molar-refractivity contribution in [3.8, 4) is 0 Å². The lowest BCUT2D eigenvalue weighted by Gasteiger charge is -2.43. The Labute approximate surface area is 124 Å². The second-order valence-corrected chi connectivity index (χ2v) is 6.17. The molecule has 0 saturated heterocycles. The molecule has 0 radical (unpaired) electrons. The highest BCUT2D eigenvalue weighted by Crippen LogP contribution is 2.33. The number of hydrogen-bond donors (Lipinski definition) is 1. The van der Waals surface area contributed by atoms with Gasteiger partial charge in [-0.3, -0.25) is 4.90 Å². The predicted molar refractivity (Wildman–Crippen MR) is 87.1 cm³/mol. The molecule has 1 aliphatic rings. The van der Waals surface area contributed by atoms with Crippen molar-refractivity contribution < 1.29 is 0 Å². The Kier molecular flexibility index (Phi) is 5.62. The highest BCUT2D eigenvalue weighted by Gasteiger charge is 2.33. The van der Waals surface area contributed by atoms with Crippen LogP contribution in [0.1, 0.15) is 57.7 Å². The fraction of sp³-hybridized carbons (Fsp3) is 0.667. The van der Waals surface area contributed by atoms with E-state index in [9.17, 15) is 0 Å². The van der Waals surface area contributed by atoms with Crippen LogP contribution in [-0.2, 0) is 6.42 Å². The summed E-state index contributed by atoms with van der Waals surface area (Å²) in [4.78, 5) is 2.70. The van der Waals surface area contributed by atoms with Gasteiger partial charge in [0.1, 0.15) is 0 Å². The minimum Gasteiger partial charge on any atom is -0.309 e. The molecule has 112 valence electrons. The van der Waals surface area contributed by atoms with Gasteiger partial charge in [0.15, 0.2) is 0 Å². The molecule has 0 spiro atoms. The summed E-state index contributed by atoms with van der Waals surface area (Å²) in [5.41, 5.74) is 3.06. The van der Waals surface area contributed by atoms with Crippen LogP contribution in [0.15, 0.2) is 24.3 Å². The Morgan fingerprint density at radius 1 is 1.25 bits per heavy atom. The minimum absolute atomic E-state index is 0.485. The smallest absolute Gasteiger partial charge is 0.0481 e. The van der Waals surface area contributed by atoms with Gasteiger partial charge < -0.3 is 5.32 Å². The van der Waals surface area contributed by atoms with Crippen molar-refractivity contribution in [2.75, 3.05) is 13.1 Å². The Morgan fingerprint density at radius 3 is 2.65 bits per heavy atom. The summed E-state index contributed by atoms with van der Waals surface area (Å²) in [6, 6.07) is 10.7. The molecular weight excluding hydrogens is 244 g/mol. The Hall–Kier alpha value is -0.860. The molecule has 1 aliphatic carbocycles. The van der Waals surface area contributed by atoms with Gasteiger partial charge in [0, 0.05) is 18.1 Å². The molecule has 1 aromatic rings. The maximum absolute atomic E-state index is 3.74. The maximum Gasteiger partial charge on any atom is 0.0481 e. The molecule has 0 amide bonds. The molecule has 2 unspecified atom stereocenters. The third-order valence-electron chi connectivity index (χ3n) is 4.48. The van der Waals surface area contributed by atoms with Gasteiger partial charge in [-0.2, -0.15) is 0 Å². The van der Waals surface area contributed by atoms with Crippen molar-refractivity contribution in [3.63, 3.8) is 0 Å². The summed E-state index contributed by atoms with van der Waals surface area (Å²) < 4.78 is 0. The van der Waals surface area contributed by atoms with E-state index in [1.807, 2.05) is 0 Å². The lowest BCUT2D eigenvalue weighted by molar-refractivity contribution is 0.107. The summed E-state index contributed by atoms with van der Waals surface area (Å²) in [7, 11) is 0. The summed E-state index contributed by atoms with van der Waals surface area (Å²) in [6.45, 7) is 11.4. The van der Waals surface area contributed by atoms with E-state index in [-0.39, 0.29) is 0 Å². The molecule has 0 aromatic heterocycles. The minimum atomic E-state index is 0.485. The van der Waals surface area contributed by atoms with E-state index in [1.54, 1.807) is 0 Å². The lowest BCUT2D eigenvalue weighted by atomic mass is 9.82. The van der Waals surface area contributed by atoms with E-state index in [4.69, 9.17) is 0 Å². The molecule has 20 heavy (non-hydrogen) atoms. The van der Waals surface area contributed by atoms with Crippen LogP contribution in [0.4, 0.5) is 0 Å². The number of rotatable bonds is 6. The zero-order chi connectivity index (χ0) is 14.5. The SMILES string of the molecule is CCCN(C(C)C)C1CCc2ccccc2C1NCC. The zero-order valence-electron chi connectivity index (χ0n) is 13.5. The number of benzene rings is 1. The van der Waals surface area contributed by atoms with Crippen molar-refractivity contribution in [3.05, 3.63) is 35.4 Å². The first-order valence-electron chi connectivity index (χ1n) is 8.25. The number of nitrogens with zero attached hydrogens (tertiary/aromatic N) is 1. The van der Waals surface area contributed by atoms with Gasteiger partial charge in [0.25, 0.3) is 0 Å². The van der Waals surface area contributed by atoms with Crippen LogP contribution < -0.4 is 5.32 Å². The van der Waals surface area contributed by atoms with E-state index in [0.29, 0.717) is 18.1 Å². The number of aryl methyl sites for hydroxylation is 1. The normalized spacial score (nSPS) is 22.3. The van der Waals surface area contributed by atoms with Crippen molar-refractivity contribution in [1.29, 1.82) is 0 Å². The van der Waals surface area contributed by atoms with E-state index in [0.717, 1.165) is 6.54 Å². The average Bonchev–Trinajstić information content (AvgIpc) is 2.45. The molecular formula is C18H30N2. The van der Waals surface area contributed by atoms with Crippen LogP contribution in [0.5, 0.6) is 0 Å². The second-order valence-electron chi connectivity index (χ2n) is 6.17. The second kappa shape index (κ2) is 7.24.